The standard InChI is InChI=1S/C17H14N2OS2/c1-11-6-5-9-19(10-11)14-13(18)16(22-17(14)21)15(20)12-7-3-2-4-8-12/h2-10H,1H3,(H2-,18,20,21)/p+1. The van der Waals surface area contributed by atoms with Gasteiger partial charge >= 0.3 is 0 Å². The Morgan fingerprint density at radius 3 is 2.59 bits per heavy atom. The molecule has 0 aliphatic heterocycles. The molecule has 0 unspecified atom stereocenters. The van der Waals surface area contributed by atoms with Crippen molar-refractivity contribution in [3.8, 4) is 5.69 Å². The number of rotatable bonds is 3. The van der Waals surface area contributed by atoms with Crippen LogP contribution in [0.25, 0.3) is 5.69 Å². The van der Waals surface area contributed by atoms with Gasteiger partial charge in [0.1, 0.15) is 14.8 Å². The van der Waals surface area contributed by atoms with Crippen LogP contribution in [0.15, 0.2) is 59.1 Å². The second-order valence-electron chi connectivity index (χ2n) is 4.98. The topological polar surface area (TPSA) is 47.0 Å². The Bertz CT molecular complexity index is 841. The lowest BCUT2D eigenvalue weighted by atomic mass is 10.1. The van der Waals surface area contributed by atoms with Crippen LogP contribution in [0.2, 0.25) is 0 Å². The molecule has 0 radical (unpaired) electrons. The van der Waals surface area contributed by atoms with E-state index < -0.39 is 0 Å². The van der Waals surface area contributed by atoms with Crippen molar-refractivity contribution in [2.24, 2.45) is 0 Å². The first kappa shape index (κ1) is 14.8. The first-order valence-corrected chi connectivity index (χ1v) is 8.03. The van der Waals surface area contributed by atoms with E-state index in [1.165, 1.54) is 11.3 Å². The van der Waals surface area contributed by atoms with Crippen molar-refractivity contribution >= 4 is 35.4 Å². The second-order valence-corrected chi connectivity index (χ2v) is 6.75. The number of nitrogen functional groups attached to an aromatic ring is 1. The molecule has 0 fully saturated rings. The average molecular weight is 327 g/mol. The number of carbonyl (C=O) groups is 1. The molecule has 5 heteroatoms. The highest BCUT2D eigenvalue weighted by Gasteiger charge is 2.26. The minimum atomic E-state index is -0.0714. The van der Waals surface area contributed by atoms with Crippen molar-refractivity contribution in [1.29, 1.82) is 0 Å². The molecule has 2 heterocycles. The average Bonchev–Trinajstić information content (AvgIpc) is 2.82. The van der Waals surface area contributed by atoms with E-state index in [9.17, 15) is 4.79 Å². The van der Waals surface area contributed by atoms with Crippen molar-refractivity contribution in [2.45, 2.75) is 11.1 Å². The van der Waals surface area contributed by atoms with E-state index in [0.29, 0.717) is 16.1 Å². The molecule has 0 bridgehead atoms. The maximum Gasteiger partial charge on any atom is 0.258 e. The van der Waals surface area contributed by atoms with Gasteiger partial charge in [0.25, 0.3) is 5.69 Å². The number of anilines is 1. The molecule has 0 amide bonds. The van der Waals surface area contributed by atoms with Crippen LogP contribution in [0.3, 0.4) is 0 Å². The molecule has 0 aliphatic rings. The summed E-state index contributed by atoms with van der Waals surface area (Å²) in [5, 5.41) is 0. The van der Waals surface area contributed by atoms with Crippen LogP contribution in [0.1, 0.15) is 20.8 Å². The number of nitrogens with two attached hydrogens (primary N) is 1. The molecule has 22 heavy (non-hydrogen) atoms. The van der Waals surface area contributed by atoms with Gasteiger partial charge in [-0.2, -0.15) is 4.57 Å². The molecular formula is C17H15N2OS2+. The van der Waals surface area contributed by atoms with Crippen molar-refractivity contribution in [3.63, 3.8) is 0 Å². The van der Waals surface area contributed by atoms with Crippen molar-refractivity contribution in [2.75, 3.05) is 5.73 Å². The van der Waals surface area contributed by atoms with Gasteiger partial charge in [-0.1, -0.05) is 30.3 Å². The molecule has 0 saturated carbocycles. The quantitative estimate of drug-likeness (QED) is 0.440. The summed E-state index contributed by atoms with van der Waals surface area (Å²) in [6, 6.07) is 13.1. The molecule has 2 aromatic heterocycles. The van der Waals surface area contributed by atoms with E-state index in [2.05, 4.69) is 12.6 Å². The third-order valence-electron chi connectivity index (χ3n) is 3.35. The van der Waals surface area contributed by atoms with Crippen molar-refractivity contribution in [3.05, 3.63) is 70.9 Å². The van der Waals surface area contributed by atoms with Gasteiger partial charge in [-0.25, -0.2) is 0 Å². The van der Waals surface area contributed by atoms with Gasteiger partial charge in [-0.15, -0.1) is 24.0 Å². The first-order chi connectivity index (χ1) is 10.6. The Kier molecular flexibility index (Phi) is 4.00. The number of thiol groups is 1. The van der Waals surface area contributed by atoms with Crippen LogP contribution in [-0.4, -0.2) is 5.78 Å². The number of aryl methyl sites for hydroxylation is 1. The minimum absolute atomic E-state index is 0.0714. The number of hydrogen-bond donors (Lipinski definition) is 2. The molecular weight excluding hydrogens is 312 g/mol. The number of carbonyl (C=O) groups excluding carboxylic acids is 1. The molecule has 0 aliphatic carbocycles. The number of ketones is 1. The number of nitrogens with zero attached hydrogens (tertiary/aromatic N) is 1. The van der Waals surface area contributed by atoms with Gasteiger partial charge in [-0.3, -0.25) is 4.79 Å². The molecule has 3 rings (SSSR count). The summed E-state index contributed by atoms with van der Waals surface area (Å²) < 4.78 is 2.64. The van der Waals surface area contributed by atoms with Crippen molar-refractivity contribution in [1.82, 2.24) is 0 Å². The Morgan fingerprint density at radius 1 is 1.18 bits per heavy atom. The third kappa shape index (κ3) is 2.65. The lowest BCUT2D eigenvalue weighted by Crippen LogP contribution is -2.31. The van der Waals surface area contributed by atoms with E-state index in [-0.39, 0.29) is 5.78 Å². The monoisotopic (exact) mass is 327 g/mol. The Hall–Kier alpha value is -2.11. The molecule has 0 atom stereocenters. The molecule has 1 aromatic carbocycles. The van der Waals surface area contributed by atoms with E-state index in [4.69, 9.17) is 5.73 Å². The summed E-state index contributed by atoms with van der Waals surface area (Å²) >= 11 is 5.82. The highest BCUT2D eigenvalue weighted by atomic mass is 32.2. The highest BCUT2D eigenvalue weighted by molar-refractivity contribution is 7.83. The number of aromatic nitrogens is 1. The van der Waals surface area contributed by atoms with Gasteiger partial charge in [0.2, 0.25) is 5.78 Å². The third-order valence-corrected chi connectivity index (χ3v) is 4.83. The smallest absolute Gasteiger partial charge is 0.258 e. The molecule has 0 spiro atoms. The number of hydrogen-bond acceptors (Lipinski definition) is 4. The molecule has 0 saturated heterocycles. The fraction of sp³-hybridized carbons (Fsp3) is 0.0588. The molecule has 110 valence electrons. The van der Waals surface area contributed by atoms with E-state index >= 15 is 0 Å². The maximum atomic E-state index is 12.6. The number of pyridine rings is 1. The predicted molar refractivity (Wildman–Crippen MR) is 92.1 cm³/mol. The van der Waals surface area contributed by atoms with Gasteiger partial charge in [0.05, 0.1) is 0 Å². The van der Waals surface area contributed by atoms with Crippen LogP contribution in [0, 0.1) is 6.92 Å². The Morgan fingerprint density at radius 2 is 1.91 bits per heavy atom. The van der Waals surface area contributed by atoms with E-state index in [1.54, 1.807) is 12.1 Å². The van der Waals surface area contributed by atoms with Crippen LogP contribution in [0.5, 0.6) is 0 Å². The molecule has 3 aromatic rings. The Balaban J connectivity index is 2.10. The fourth-order valence-electron chi connectivity index (χ4n) is 2.29. The number of thiophene rings is 1. The summed E-state index contributed by atoms with van der Waals surface area (Å²) in [7, 11) is 0. The lowest BCUT2D eigenvalue weighted by molar-refractivity contribution is -0.597. The zero-order valence-electron chi connectivity index (χ0n) is 12.0. The van der Waals surface area contributed by atoms with Gasteiger partial charge in [-0.05, 0) is 13.0 Å². The SMILES string of the molecule is Cc1ccc[n+](-c2c(S)sc(C(=O)c3ccccc3)c2N)c1. The largest absolute Gasteiger partial charge is 0.392 e. The minimum Gasteiger partial charge on any atom is -0.392 e. The highest BCUT2D eigenvalue weighted by Crippen LogP contribution is 2.35. The number of benzene rings is 1. The van der Waals surface area contributed by atoms with E-state index in [0.717, 1.165) is 15.5 Å². The van der Waals surface area contributed by atoms with Crippen LogP contribution in [-0.2, 0) is 0 Å². The van der Waals surface area contributed by atoms with Gasteiger partial charge in [0.15, 0.2) is 12.4 Å². The molecule has 3 nitrogen and oxygen atoms in total. The first-order valence-electron chi connectivity index (χ1n) is 6.77. The van der Waals surface area contributed by atoms with Gasteiger partial charge < -0.3 is 5.73 Å². The van der Waals surface area contributed by atoms with Gasteiger partial charge in [0, 0.05) is 17.2 Å². The van der Waals surface area contributed by atoms with Crippen LogP contribution in [0.4, 0.5) is 5.69 Å². The zero-order chi connectivity index (χ0) is 15.7. The summed E-state index contributed by atoms with van der Waals surface area (Å²) in [5.41, 5.74) is 9.21. The van der Waals surface area contributed by atoms with Crippen LogP contribution < -0.4 is 10.3 Å². The van der Waals surface area contributed by atoms with E-state index in [1.807, 2.05) is 54.2 Å². The molecule has 2 N–H and O–H groups in total. The summed E-state index contributed by atoms with van der Waals surface area (Å²) in [4.78, 5) is 13.1. The zero-order valence-corrected chi connectivity index (χ0v) is 13.7. The predicted octanol–water partition coefficient (Wildman–Crippen LogP) is 3.44. The van der Waals surface area contributed by atoms with Crippen molar-refractivity contribution < 1.29 is 9.36 Å². The second kappa shape index (κ2) is 5.94. The summed E-state index contributed by atoms with van der Waals surface area (Å²) in [6.45, 7) is 2.01. The fourth-order valence-corrected chi connectivity index (χ4v) is 3.73. The summed E-state index contributed by atoms with van der Waals surface area (Å²) in [6.07, 6.45) is 3.87. The summed E-state index contributed by atoms with van der Waals surface area (Å²) in [5.74, 6) is -0.0714. The normalized spacial score (nSPS) is 10.6. The Labute approximate surface area is 138 Å². The lowest BCUT2D eigenvalue weighted by Gasteiger charge is -2.00. The van der Waals surface area contributed by atoms with Crippen LogP contribution >= 0.6 is 24.0 Å². The maximum absolute atomic E-state index is 12.6.